The van der Waals surface area contributed by atoms with Crippen LogP contribution < -0.4 is 0 Å². The van der Waals surface area contributed by atoms with E-state index in [0.717, 1.165) is 24.5 Å². The van der Waals surface area contributed by atoms with E-state index in [-0.39, 0.29) is 30.0 Å². The van der Waals surface area contributed by atoms with Crippen LogP contribution in [0, 0.1) is 17.3 Å². The molecule has 0 radical (unpaired) electrons. The van der Waals surface area contributed by atoms with Crippen molar-refractivity contribution in [2.24, 2.45) is 22.2 Å². The average Bonchev–Trinajstić information content (AvgIpc) is 3.09. The molecular formula is C28H33F3N2O3. The molecule has 8 heteroatoms. The number of amides is 1. The number of benzene rings is 1. The Hall–Kier alpha value is -2.90. The second-order valence-electron chi connectivity index (χ2n) is 11.1. The monoisotopic (exact) mass is 502 g/mol. The predicted octanol–water partition coefficient (Wildman–Crippen LogP) is 6.25. The first kappa shape index (κ1) is 26.2. The average molecular weight is 503 g/mol. The summed E-state index contributed by atoms with van der Waals surface area (Å²) in [5.41, 5.74) is 1.06. The molecule has 1 aromatic rings. The van der Waals surface area contributed by atoms with E-state index in [4.69, 9.17) is 9.73 Å². The van der Waals surface area contributed by atoms with Crippen molar-refractivity contribution in [1.82, 2.24) is 4.90 Å². The molecule has 1 spiro atoms. The van der Waals surface area contributed by atoms with Crippen LogP contribution in [0.1, 0.15) is 68.8 Å². The van der Waals surface area contributed by atoms with Crippen LogP contribution in [0.4, 0.5) is 13.2 Å². The molecule has 1 aliphatic heterocycles. The molecule has 194 valence electrons. The molecule has 0 aromatic heterocycles. The van der Waals surface area contributed by atoms with Gasteiger partial charge in [0.05, 0.1) is 18.6 Å². The van der Waals surface area contributed by atoms with Crippen LogP contribution in [0.3, 0.4) is 0 Å². The van der Waals surface area contributed by atoms with Crippen molar-refractivity contribution in [3.05, 3.63) is 59.2 Å². The van der Waals surface area contributed by atoms with E-state index in [9.17, 15) is 22.8 Å². The van der Waals surface area contributed by atoms with Gasteiger partial charge in [-0.15, -0.1) is 0 Å². The van der Waals surface area contributed by atoms with Crippen LogP contribution in [-0.4, -0.2) is 41.4 Å². The van der Waals surface area contributed by atoms with E-state index >= 15 is 0 Å². The van der Waals surface area contributed by atoms with Crippen LogP contribution in [0.25, 0.3) is 0 Å². The number of carbonyl (C=O) groups is 2. The van der Waals surface area contributed by atoms with E-state index < -0.39 is 23.7 Å². The number of carbonyl (C=O) groups excluding carboxylic acids is 2. The molecule has 1 fully saturated rings. The van der Waals surface area contributed by atoms with Gasteiger partial charge in [-0.1, -0.05) is 51.1 Å². The van der Waals surface area contributed by atoms with Crippen molar-refractivity contribution in [3.63, 3.8) is 0 Å². The van der Waals surface area contributed by atoms with E-state index in [1.807, 2.05) is 0 Å². The van der Waals surface area contributed by atoms with Gasteiger partial charge in [0.1, 0.15) is 11.4 Å². The third-order valence-corrected chi connectivity index (χ3v) is 7.80. The Balaban J connectivity index is 1.64. The first-order valence-electron chi connectivity index (χ1n) is 12.4. The first-order chi connectivity index (χ1) is 16.8. The number of methoxy groups -OCH3 is 1. The summed E-state index contributed by atoms with van der Waals surface area (Å²) in [6.07, 6.45) is 2.53. The highest BCUT2D eigenvalue weighted by Crippen LogP contribution is 2.47. The molecule has 1 unspecified atom stereocenters. The number of halogens is 3. The maximum atomic E-state index is 13.7. The molecule has 0 saturated heterocycles. The lowest BCUT2D eigenvalue weighted by atomic mass is 9.69. The summed E-state index contributed by atoms with van der Waals surface area (Å²) in [4.78, 5) is 32.1. The number of allylic oxidation sites excluding steroid dienone is 3. The minimum Gasteiger partial charge on any atom is -0.465 e. The van der Waals surface area contributed by atoms with Crippen molar-refractivity contribution in [1.29, 1.82) is 0 Å². The molecule has 1 saturated carbocycles. The van der Waals surface area contributed by atoms with E-state index in [0.29, 0.717) is 29.9 Å². The lowest BCUT2D eigenvalue weighted by Gasteiger charge is -2.44. The van der Waals surface area contributed by atoms with E-state index in [1.54, 1.807) is 35.2 Å². The van der Waals surface area contributed by atoms with E-state index in [1.165, 1.54) is 13.2 Å². The second-order valence-corrected chi connectivity index (χ2v) is 11.1. The maximum Gasteiger partial charge on any atom is 0.395 e. The van der Waals surface area contributed by atoms with Gasteiger partial charge in [0.2, 0.25) is 0 Å². The molecule has 0 bridgehead atoms. The molecule has 1 amide bonds. The van der Waals surface area contributed by atoms with E-state index in [2.05, 4.69) is 20.8 Å². The summed E-state index contributed by atoms with van der Waals surface area (Å²) in [6.45, 7) is 6.89. The summed E-state index contributed by atoms with van der Waals surface area (Å²) in [5, 5.41) is 0. The number of alkyl halides is 3. The lowest BCUT2D eigenvalue weighted by molar-refractivity contribution is -0.160. The number of ether oxygens (including phenoxy) is 1. The molecule has 4 rings (SSSR count). The van der Waals surface area contributed by atoms with Gasteiger partial charge < -0.3 is 9.64 Å². The zero-order valence-electron chi connectivity index (χ0n) is 21.2. The summed E-state index contributed by atoms with van der Waals surface area (Å²) in [6, 6.07) is 6.84. The fraction of sp³-hybridized carbons (Fsp3) is 0.536. The zero-order chi connectivity index (χ0) is 26.3. The first-order valence-corrected chi connectivity index (χ1v) is 12.4. The topological polar surface area (TPSA) is 59.0 Å². The highest BCUT2D eigenvalue weighted by atomic mass is 19.4. The largest absolute Gasteiger partial charge is 0.465 e. The van der Waals surface area contributed by atoms with Gasteiger partial charge >= 0.3 is 12.1 Å². The summed E-state index contributed by atoms with van der Waals surface area (Å²) >= 11 is 0. The van der Waals surface area contributed by atoms with Gasteiger partial charge in [-0.25, -0.2) is 4.79 Å². The number of hydrogen-bond donors (Lipinski definition) is 0. The molecule has 3 aliphatic rings. The second kappa shape index (κ2) is 9.52. The molecule has 1 heterocycles. The summed E-state index contributed by atoms with van der Waals surface area (Å²) < 4.78 is 45.1. The zero-order valence-corrected chi connectivity index (χ0v) is 21.2. The van der Waals surface area contributed by atoms with Crippen LogP contribution >= 0.6 is 0 Å². The molecule has 2 aliphatic carbocycles. The molecule has 0 N–H and O–H groups in total. The number of aliphatic imine (C=N–C) groups is 1. The molecule has 1 atom stereocenters. The Morgan fingerprint density at radius 3 is 2.33 bits per heavy atom. The molecular weight excluding hydrogens is 469 g/mol. The third kappa shape index (κ3) is 5.13. The van der Waals surface area contributed by atoms with Crippen molar-refractivity contribution in [2.75, 3.05) is 7.11 Å². The van der Waals surface area contributed by atoms with Gasteiger partial charge in [0, 0.05) is 6.54 Å². The number of rotatable bonds is 4. The Bertz CT molecular complexity index is 1100. The Labute approximate surface area is 210 Å². The number of nitrogens with zero attached hydrogens (tertiary/aromatic N) is 2. The standard InChI is InChI=1S/C28H33F3N2O3/c1-26(2,3)21-12-14-27(15-13-21)32-23(20-6-5-7-22(16-20)28(29,30)31)24(34)33(27)17-18-8-10-19(11-9-18)25(35)36-4/h5-11,21-22H,12-17H2,1-4H3. The van der Waals surface area contributed by atoms with Gasteiger partial charge in [-0.2, -0.15) is 13.2 Å². The fourth-order valence-electron chi connectivity index (χ4n) is 5.52. The van der Waals surface area contributed by atoms with Gasteiger partial charge in [-0.3, -0.25) is 9.79 Å². The normalized spacial score (nSPS) is 26.8. The summed E-state index contributed by atoms with van der Waals surface area (Å²) in [7, 11) is 1.31. The third-order valence-electron chi connectivity index (χ3n) is 7.80. The fourth-order valence-corrected chi connectivity index (χ4v) is 5.52. The van der Waals surface area contributed by atoms with Crippen LogP contribution in [-0.2, 0) is 16.1 Å². The van der Waals surface area contributed by atoms with Crippen molar-refractivity contribution < 1.29 is 27.5 Å². The van der Waals surface area contributed by atoms with Gasteiger partial charge in [-0.05, 0) is 66.7 Å². The Kier molecular flexibility index (Phi) is 6.92. The molecule has 36 heavy (non-hydrogen) atoms. The molecule has 1 aromatic carbocycles. The van der Waals surface area contributed by atoms with Crippen molar-refractivity contribution in [2.45, 2.75) is 71.3 Å². The SMILES string of the molecule is COC(=O)c1ccc(CN2C(=O)C(C3=CC=CC(C(F)(F)F)C3)=NC23CCC(C(C)(C)C)CC3)cc1. The van der Waals surface area contributed by atoms with Crippen LogP contribution in [0.2, 0.25) is 0 Å². The van der Waals surface area contributed by atoms with Crippen LogP contribution in [0.15, 0.2) is 53.1 Å². The predicted molar refractivity (Wildman–Crippen MR) is 131 cm³/mol. The van der Waals surface area contributed by atoms with Crippen molar-refractivity contribution in [3.8, 4) is 0 Å². The number of hydrogen-bond acceptors (Lipinski definition) is 4. The minimum absolute atomic E-state index is 0.127. The number of esters is 1. The van der Waals surface area contributed by atoms with Gasteiger partial charge in [0.15, 0.2) is 0 Å². The minimum atomic E-state index is -4.37. The Morgan fingerprint density at radius 1 is 1.14 bits per heavy atom. The smallest absolute Gasteiger partial charge is 0.395 e. The van der Waals surface area contributed by atoms with Crippen LogP contribution in [0.5, 0.6) is 0 Å². The molecule has 5 nitrogen and oxygen atoms in total. The van der Waals surface area contributed by atoms with Crippen molar-refractivity contribution >= 4 is 17.6 Å². The van der Waals surface area contributed by atoms with Gasteiger partial charge in [0.25, 0.3) is 5.91 Å². The highest BCUT2D eigenvalue weighted by molar-refractivity contribution is 6.46. The summed E-state index contributed by atoms with van der Waals surface area (Å²) in [5.74, 6) is -1.92. The highest BCUT2D eigenvalue weighted by Gasteiger charge is 2.51. The maximum absolute atomic E-state index is 13.7. The Morgan fingerprint density at radius 2 is 1.78 bits per heavy atom. The lowest BCUT2D eigenvalue weighted by Crippen LogP contribution is -2.49. The quantitative estimate of drug-likeness (QED) is 0.457.